The first-order chi connectivity index (χ1) is 13.1. The van der Waals surface area contributed by atoms with Crippen molar-refractivity contribution in [3.05, 3.63) is 62.5 Å². The molecule has 0 spiro atoms. The summed E-state index contributed by atoms with van der Waals surface area (Å²) in [7, 11) is 0. The number of nitrogens with zero attached hydrogens (tertiary/aromatic N) is 2. The van der Waals surface area contributed by atoms with Crippen molar-refractivity contribution in [2.75, 3.05) is 11.1 Å². The van der Waals surface area contributed by atoms with Crippen molar-refractivity contribution in [1.82, 2.24) is 9.55 Å². The summed E-state index contributed by atoms with van der Waals surface area (Å²) in [5.74, 6) is 0.0776. The van der Waals surface area contributed by atoms with Crippen LogP contribution in [0.15, 0.2) is 58.5 Å². The standard InChI is InChI=1S/C20H20IN3O2S/c1-2-3-12-24-19(26)16-6-4-5-7-17(16)23-20(24)27-13-18(25)22-15-10-8-14(21)9-11-15/h4-11H,2-3,12-13H2,1H3,(H,22,25). The van der Waals surface area contributed by atoms with E-state index in [1.54, 1.807) is 10.6 Å². The van der Waals surface area contributed by atoms with Gasteiger partial charge in [-0.2, -0.15) is 0 Å². The first kappa shape index (κ1) is 19.9. The predicted molar refractivity (Wildman–Crippen MR) is 119 cm³/mol. The van der Waals surface area contributed by atoms with Crippen molar-refractivity contribution >= 4 is 56.9 Å². The molecule has 0 saturated carbocycles. The Hall–Kier alpha value is -1.87. The van der Waals surface area contributed by atoms with E-state index in [9.17, 15) is 9.59 Å². The van der Waals surface area contributed by atoms with Crippen LogP contribution < -0.4 is 10.9 Å². The second kappa shape index (κ2) is 9.36. The molecule has 0 radical (unpaired) electrons. The highest BCUT2D eigenvalue weighted by atomic mass is 127. The Morgan fingerprint density at radius 3 is 2.67 bits per heavy atom. The van der Waals surface area contributed by atoms with Gasteiger partial charge in [0.2, 0.25) is 5.91 Å². The Kier molecular flexibility index (Phi) is 6.89. The van der Waals surface area contributed by atoms with E-state index in [1.165, 1.54) is 11.8 Å². The number of hydrogen-bond acceptors (Lipinski definition) is 4. The van der Waals surface area contributed by atoms with E-state index in [0.717, 1.165) is 22.1 Å². The van der Waals surface area contributed by atoms with Gasteiger partial charge in [-0.05, 0) is 65.4 Å². The fraction of sp³-hybridized carbons (Fsp3) is 0.250. The van der Waals surface area contributed by atoms with Gasteiger partial charge >= 0.3 is 0 Å². The molecule has 0 aliphatic carbocycles. The Labute approximate surface area is 175 Å². The number of halogens is 1. The largest absolute Gasteiger partial charge is 0.325 e. The highest BCUT2D eigenvalue weighted by molar-refractivity contribution is 14.1. The quantitative estimate of drug-likeness (QED) is 0.299. The van der Waals surface area contributed by atoms with E-state index in [4.69, 9.17) is 0 Å². The zero-order chi connectivity index (χ0) is 19.2. The van der Waals surface area contributed by atoms with Crippen LogP contribution in [0.25, 0.3) is 10.9 Å². The molecule has 140 valence electrons. The topological polar surface area (TPSA) is 64.0 Å². The lowest BCUT2D eigenvalue weighted by Gasteiger charge is -2.12. The number of benzene rings is 2. The van der Waals surface area contributed by atoms with Crippen LogP contribution in [0.1, 0.15) is 19.8 Å². The van der Waals surface area contributed by atoms with Gasteiger partial charge < -0.3 is 5.32 Å². The third kappa shape index (κ3) is 5.10. The molecule has 0 fully saturated rings. The summed E-state index contributed by atoms with van der Waals surface area (Å²) >= 11 is 3.52. The number of fused-ring (bicyclic) bond motifs is 1. The van der Waals surface area contributed by atoms with Gasteiger partial charge in [0.25, 0.3) is 5.56 Å². The SMILES string of the molecule is CCCCn1c(SCC(=O)Nc2ccc(I)cc2)nc2ccccc2c1=O. The van der Waals surface area contributed by atoms with Crippen molar-refractivity contribution in [2.24, 2.45) is 0 Å². The van der Waals surface area contributed by atoms with Crippen LogP contribution in [0.4, 0.5) is 5.69 Å². The lowest BCUT2D eigenvalue weighted by atomic mass is 10.2. The number of carbonyl (C=O) groups excluding carboxylic acids is 1. The second-order valence-electron chi connectivity index (χ2n) is 6.07. The number of anilines is 1. The molecule has 27 heavy (non-hydrogen) atoms. The summed E-state index contributed by atoms with van der Waals surface area (Å²) in [6.45, 7) is 2.69. The minimum Gasteiger partial charge on any atom is -0.325 e. The number of aromatic nitrogens is 2. The normalized spacial score (nSPS) is 10.9. The molecule has 0 aliphatic rings. The van der Waals surface area contributed by atoms with Gasteiger partial charge in [0, 0.05) is 15.8 Å². The highest BCUT2D eigenvalue weighted by Gasteiger charge is 2.13. The molecule has 1 aromatic heterocycles. The summed E-state index contributed by atoms with van der Waals surface area (Å²) in [5.41, 5.74) is 1.38. The molecule has 3 rings (SSSR count). The fourth-order valence-corrected chi connectivity index (χ4v) is 3.82. The number of amides is 1. The van der Waals surface area contributed by atoms with Crippen LogP contribution in [-0.4, -0.2) is 21.2 Å². The molecule has 2 aromatic carbocycles. The summed E-state index contributed by atoms with van der Waals surface area (Å²) < 4.78 is 2.80. The predicted octanol–water partition coefficient (Wildman–Crippen LogP) is 4.53. The van der Waals surface area contributed by atoms with Crippen molar-refractivity contribution in [3.63, 3.8) is 0 Å². The molecular weight excluding hydrogens is 473 g/mol. The molecule has 0 unspecified atom stereocenters. The van der Waals surface area contributed by atoms with E-state index in [2.05, 4.69) is 39.8 Å². The van der Waals surface area contributed by atoms with Crippen LogP contribution in [0.5, 0.6) is 0 Å². The highest BCUT2D eigenvalue weighted by Crippen LogP contribution is 2.19. The van der Waals surface area contributed by atoms with E-state index in [1.807, 2.05) is 42.5 Å². The van der Waals surface area contributed by atoms with Crippen molar-refractivity contribution < 1.29 is 4.79 Å². The fourth-order valence-electron chi connectivity index (χ4n) is 2.63. The third-order valence-corrected chi connectivity index (χ3v) is 5.72. The number of carbonyl (C=O) groups is 1. The maximum absolute atomic E-state index is 12.8. The molecule has 3 aromatic rings. The monoisotopic (exact) mass is 493 g/mol. The Morgan fingerprint density at radius 1 is 1.19 bits per heavy atom. The zero-order valence-corrected chi connectivity index (χ0v) is 17.9. The molecule has 5 nitrogen and oxygen atoms in total. The lowest BCUT2D eigenvalue weighted by Crippen LogP contribution is -2.24. The van der Waals surface area contributed by atoms with Crippen LogP contribution in [-0.2, 0) is 11.3 Å². The Morgan fingerprint density at radius 2 is 1.93 bits per heavy atom. The van der Waals surface area contributed by atoms with Gasteiger partial charge in [-0.15, -0.1) is 0 Å². The zero-order valence-electron chi connectivity index (χ0n) is 14.9. The van der Waals surface area contributed by atoms with Crippen molar-refractivity contribution in [1.29, 1.82) is 0 Å². The molecule has 7 heteroatoms. The molecule has 1 amide bonds. The summed E-state index contributed by atoms with van der Waals surface area (Å²) in [4.78, 5) is 29.8. The van der Waals surface area contributed by atoms with Gasteiger partial charge in [0.05, 0.1) is 16.7 Å². The number of rotatable bonds is 7. The molecular formula is C20H20IN3O2S. The van der Waals surface area contributed by atoms with E-state index >= 15 is 0 Å². The Bertz CT molecular complexity index is 1000. The molecule has 1 N–H and O–H groups in total. The van der Waals surface area contributed by atoms with Gasteiger partial charge in [-0.25, -0.2) is 4.98 Å². The molecule has 0 atom stereocenters. The lowest BCUT2D eigenvalue weighted by molar-refractivity contribution is -0.113. The first-order valence-corrected chi connectivity index (χ1v) is 10.8. The summed E-state index contributed by atoms with van der Waals surface area (Å²) in [6.07, 6.45) is 1.87. The smallest absolute Gasteiger partial charge is 0.262 e. The van der Waals surface area contributed by atoms with E-state index in [-0.39, 0.29) is 17.2 Å². The maximum atomic E-state index is 12.8. The van der Waals surface area contributed by atoms with Crippen LogP contribution in [0.2, 0.25) is 0 Å². The maximum Gasteiger partial charge on any atom is 0.262 e. The number of para-hydroxylation sites is 1. The van der Waals surface area contributed by atoms with Crippen LogP contribution >= 0.6 is 34.4 Å². The minimum atomic E-state index is -0.120. The Balaban J connectivity index is 1.79. The van der Waals surface area contributed by atoms with Gasteiger partial charge in [-0.1, -0.05) is 37.2 Å². The minimum absolute atomic E-state index is 0.0467. The van der Waals surface area contributed by atoms with Gasteiger partial charge in [0.1, 0.15) is 0 Å². The number of thioether (sulfide) groups is 1. The average molecular weight is 493 g/mol. The first-order valence-electron chi connectivity index (χ1n) is 8.76. The van der Waals surface area contributed by atoms with Crippen molar-refractivity contribution in [3.8, 4) is 0 Å². The van der Waals surface area contributed by atoms with E-state index < -0.39 is 0 Å². The molecule has 0 aliphatic heterocycles. The van der Waals surface area contributed by atoms with Crippen LogP contribution in [0, 0.1) is 3.57 Å². The summed E-state index contributed by atoms with van der Waals surface area (Å²) in [5, 5.41) is 4.08. The molecule has 1 heterocycles. The van der Waals surface area contributed by atoms with E-state index in [0.29, 0.717) is 22.6 Å². The summed E-state index contributed by atoms with van der Waals surface area (Å²) in [6, 6.07) is 15.0. The van der Waals surface area contributed by atoms with Gasteiger partial charge in [0.15, 0.2) is 5.16 Å². The van der Waals surface area contributed by atoms with Gasteiger partial charge in [-0.3, -0.25) is 14.2 Å². The second-order valence-corrected chi connectivity index (χ2v) is 8.25. The van der Waals surface area contributed by atoms with Crippen molar-refractivity contribution in [2.45, 2.75) is 31.5 Å². The number of hydrogen-bond donors (Lipinski definition) is 1. The third-order valence-electron chi connectivity index (χ3n) is 4.02. The van der Waals surface area contributed by atoms with Crippen LogP contribution in [0.3, 0.4) is 0 Å². The average Bonchev–Trinajstić information content (AvgIpc) is 2.68. The molecule has 0 bridgehead atoms. The number of unbranched alkanes of at least 4 members (excludes halogenated alkanes) is 1. The number of nitrogens with one attached hydrogen (secondary N) is 1. The molecule has 0 saturated heterocycles.